The maximum atomic E-state index is 5.26. The largest absolute Gasteiger partial charge is 0.330 e. The van der Waals surface area contributed by atoms with Gasteiger partial charge in [0.05, 0.1) is 0 Å². The highest BCUT2D eigenvalue weighted by atomic mass is 14.8. The maximum Gasteiger partial charge on any atom is -0.00201 e. The van der Waals surface area contributed by atoms with Crippen LogP contribution in [0.3, 0.4) is 0 Å². The lowest BCUT2D eigenvalue weighted by molar-refractivity contribution is 0.686. The van der Waals surface area contributed by atoms with Crippen molar-refractivity contribution in [1.29, 1.82) is 0 Å². The van der Waals surface area contributed by atoms with Gasteiger partial charge in [0, 0.05) is 0 Å². The van der Waals surface area contributed by atoms with Crippen LogP contribution in [0.4, 0.5) is 0 Å². The molecule has 0 aliphatic carbocycles. The van der Waals surface area contributed by atoms with Crippen LogP contribution in [-0.4, -0.2) is 19.6 Å². The molecule has 2 heteroatoms. The fourth-order valence-corrected chi connectivity index (χ4v) is 0.473. The third kappa shape index (κ3) is 5.92. The Morgan fingerprint density at radius 3 is 2.88 bits per heavy atom. The molecule has 49 valence electrons. The van der Waals surface area contributed by atoms with E-state index >= 15 is 0 Å². The normalized spacial score (nSPS) is 9.75. The minimum Gasteiger partial charge on any atom is -0.330 e. The molecule has 0 amide bonds. The minimum atomic E-state index is 0.788. The Labute approximate surface area is 51.5 Å². The van der Waals surface area contributed by atoms with Gasteiger partial charge in [-0.2, -0.15) is 0 Å². The summed E-state index contributed by atoms with van der Waals surface area (Å²) in [4.78, 5) is 0. The number of nitrogens with one attached hydrogen (secondary N) is 1. The van der Waals surface area contributed by atoms with E-state index in [9.17, 15) is 0 Å². The molecule has 0 saturated heterocycles. The molecule has 0 spiro atoms. The van der Waals surface area contributed by atoms with Crippen molar-refractivity contribution in [1.82, 2.24) is 5.32 Å². The van der Waals surface area contributed by atoms with Gasteiger partial charge in [-0.15, -0.1) is 0 Å². The fraction of sp³-hybridized carbons (Fsp3) is 0.833. The summed E-state index contributed by atoms with van der Waals surface area (Å²) in [6, 6.07) is 0. The van der Waals surface area contributed by atoms with Crippen LogP contribution >= 0.6 is 0 Å². The smallest absolute Gasteiger partial charge is 0.00201 e. The first-order valence-corrected chi connectivity index (χ1v) is 3.10. The summed E-state index contributed by atoms with van der Waals surface area (Å²) in [5, 5.41) is 3.20. The summed E-state index contributed by atoms with van der Waals surface area (Å²) in [6.45, 7) is 4.87. The Kier molecular flexibility index (Phi) is 6.85. The fourth-order valence-electron chi connectivity index (χ4n) is 0.473. The standard InChI is InChI=1S/C6H15N2/c1-2-5-8-6-3-4-7/h2,8H,3-7H2,1H3. The lowest BCUT2D eigenvalue weighted by atomic mass is 10.4. The summed E-state index contributed by atoms with van der Waals surface area (Å²) in [5.41, 5.74) is 5.26. The number of hydrogen-bond donors (Lipinski definition) is 2. The molecule has 8 heavy (non-hydrogen) atoms. The highest BCUT2D eigenvalue weighted by molar-refractivity contribution is 4.59. The second kappa shape index (κ2) is 6.92. The van der Waals surface area contributed by atoms with Crippen molar-refractivity contribution in [3.05, 3.63) is 6.42 Å². The molecule has 0 fully saturated rings. The van der Waals surface area contributed by atoms with Gasteiger partial charge in [-0.05, 0) is 32.5 Å². The van der Waals surface area contributed by atoms with E-state index in [1.165, 1.54) is 0 Å². The van der Waals surface area contributed by atoms with E-state index in [0.29, 0.717) is 0 Å². The zero-order valence-electron chi connectivity index (χ0n) is 5.48. The molecule has 0 aliphatic heterocycles. The SMILES string of the molecule is C[CH]CNCCCN. The van der Waals surface area contributed by atoms with E-state index in [0.717, 1.165) is 26.1 Å². The van der Waals surface area contributed by atoms with E-state index in [2.05, 4.69) is 11.7 Å². The summed E-state index contributed by atoms with van der Waals surface area (Å²) in [6.07, 6.45) is 3.17. The van der Waals surface area contributed by atoms with Crippen LogP contribution in [0.1, 0.15) is 13.3 Å². The van der Waals surface area contributed by atoms with Gasteiger partial charge in [-0.1, -0.05) is 6.92 Å². The Morgan fingerprint density at radius 1 is 1.62 bits per heavy atom. The van der Waals surface area contributed by atoms with E-state index < -0.39 is 0 Å². The van der Waals surface area contributed by atoms with Gasteiger partial charge in [0.2, 0.25) is 0 Å². The molecule has 1 radical (unpaired) electrons. The van der Waals surface area contributed by atoms with Gasteiger partial charge in [-0.3, -0.25) is 0 Å². The molecule has 3 N–H and O–H groups in total. The van der Waals surface area contributed by atoms with Gasteiger partial charge < -0.3 is 11.1 Å². The topological polar surface area (TPSA) is 38.0 Å². The summed E-state index contributed by atoms with van der Waals surface area (Å²) in [5.74, 6) is 0. The summed E-state index contributed by atoms with van der Waals surface area (Å²) in [7, 11) is 0. The second-order valence-electron chi connectivity index (χ2n) is 1.75. The molecule has 0 aromatic heterocycles. The van der Waals surface area contributed by atoms with Crippen LogP contribution in [-0.2, 0) is 0 Å². The molecule has 0 atom stereocenters. The van der Waals surface area contributed by atoms with Gasteiger partial charge >= 0.3 is 0 Å². The number of rotatable bonds is 5. The average molecular weight is 115 g/mol. The Morgan fingerprint density at radius 2 is 2.38 bits per heavy atom. The van der Waals surface area contributed by atoms with E-state index in [1.54, 1.807) is 0 Å². The molecule has 0 unspecified atom stereocenters. The van der Waals surface area contributed by atoms with Gasteiger partial charge in [0.15, 0.2) is 0 Å². The predicted molar refractivity (Wildman–Crippen MR) is 36.5 cm³/mol. The lowest BCUT2D eigenvalue weighted by Gasteiger charge is -1.97. The van der Waals surface area contributed by atoms with Crippen molar-refractivity contribution in [2.45, 2.75) is 13.3 Å². The molecule has 0 bridgehead atoms. The number of nitrogens with two attached hydrogens (primary N) is 1. The Hall–Kier alpha value is -0.0800. The summed E-state index contributed by atoms with van der Waals surface area (Å²) >= 11 is 0. The molecular formula is C6H15N2. The first-order valence-electron chi connectivity index (χ1n) is 3.10. The van der Waals surface area contributed by atoms with E-state index in [4.69, 9.17) is 5.73 Å². The zero-order valence-corrected chi connectivity index (χ0v) is 5.48. The quantitative estimate of drug-likeness (QED) is 0.500. The highest BCUT2D eigenvalue weighted by Crippen LogP contribution is 1.70. The van der Waals surface area contributed by atoms with Crippen LogP contribution in [0, 0.1) is 6.42 Å². The lowest BCUT2D eigenvalue weighted by Crippen LogP contribution is -2.18. The Balaban J connectivity index is 2.53. The summed E-state index contributed by atoms with van der Waals surface area (Å²) < 4.78 is 0. The molecule has 0 aromatic rings. The van der Waals surface area contributed by atoms with Crippen LogP contribution in [0.25, 0.3) is 0 Å². The first-order chi connectivity index (χ1) is 3.91. The average Bonchev–Trinajstić information content (AvgIpc) is 1.81. The first kappa shape index (κ1) is 7.92. The van der Waals surface area contributed by atoms with Crippen LogP contribution in [0.2, 0.25) is 0 Å². The molecular weight excluding hydrogens is 100 g/mol. The molecule has 0 aliphatic rings. The molecule has 0 rings (SSSR count). The van der Waals surface area contributed by atoms with Crippen LogP contribution in [0.15, 0.2) is 0 Å². The van der Waals surface area contributed by atoms with Gasteiger partial charge in [0.25, 0.3) is 0 Å². The van der Waals surface area contributed by atoms with Gasteiger partial charge in [0.1, 0.15) is 0 Å². The van der Waals surface area contributed by atoms with Crippen molar-refractivity contribution >= 4 is 0 Å². The maximum absolute atomic E-state index is 5.26. The molecule has 2 nitrogen and oxygen atoms in total. The Bertz CT molecular complexity index is 31.5. The van der Waals surface area contributed by atoms with E-state index in [-0.39, 0.29) is 0 Å². The van der Waals surface area contributed by atoms with Crippen molar-refractivity contribution in [3.63, 3.8) is 0 Å². The van der Waals surface area contributed by atoms with Crippen molar-refractivity contribution < 1.29 is 0 Å². The van der Waals surface area contributed by atoms with Crippen LogP contribution < -0.4 is 11.1 Å². The zero-order chi connectivity index (χ0) is 6.24. The monoisotopic (exact) mass is 115 g/mol. The second-order valence-corrected chi connectivity index (χ2v) is 1.75. The van der Waals surface area contributed by atoms with Crippen molar-refractivity contribution in [3.8, 4) is 0 Å². The predicted octanol–water partition coefficient (Wildman–Crippen LogP) is 0.149. The third-order valence-electron chi connectivity index (χ3n) is 0.906. The third-order valence-corrected chi connectivity index (χ3v) is 0.906. The van der Waals surface area contributed by atoms with E-state index in [1.807, 2.05) is 6.92 Å². The molecule has 0 aromatic carbocycles. The molecule has 0 heterocycles. The van der Waals surface area contributed by atoms with Crippen LogP contribution in [0.5, 0.6) is 0 Å². The highest BCUT2D eigenvalue weighted by Gasteiger charge is 1.80. The molecule has 0 saturated carbocycles. The van der Waals surface area contributed by atoms with Gasteiger partial charge in [-0.25, -0.2) is 0 Å². The minimum absolute atomic E-state index is 0.788. The van der Waals surface area contributed by atoms with Crippen molar-refractivity contribution in [2.24, 2.45) is 5.73 Å². The van der Waals surface area contributed by atoms with Crippen molar-refractivity contribution in [2.75, 3.05) is 19.6 Å². The number of hydrogen-bond acceptors (Lipinski definition) is 2.